The minimum atomic E-state index is -0.125. The lowest BCUT2D eigenvalue weighted by Gasteiger charge is -2.33. The lowest BCUT2D eigenvalue weighted by molar-refractivity contribution is -0.146. The predicted octanol–water partition coefficient (Wildman–Crippen LogP) is 3.40. The molecule has 0 atom stereocenters. The molecule has 1 aliphatic heterocycles. The fourth-order valence-corrected chi connectivity index (χ4v) is 3.38. The van der Waals surface area contributed by atoms with E-state index in [1.807, 2.05) is 19.1 Å². The molecule has 1 saturated heterocycles. The summed E-state index contributed by atoms with van der Waals surface area (Å²) >= 11 is 5.91. The van der Waals surface area contributed by atoms with Crippen molar-refractivity contribution in [3.05, 3.63) is 35.2 Å². The number of ether oxygens (including phenoxy) is 1. The van der Waals surface area contributed by atoms with E-state index >= 15 is 0 Å². The number of aliphatic imine (C=N–C) groups is 1. The fraction of sp³-hybridized carbons (Fsp3) is 0.500. The highest BCUT2D eigenvalue weighted by atomic mass is 127. The smallest absolute Gasteiger partial charge is 0.308 e. The normalized spacial score (nSPS) is 14.9. The highest BCUT2D eigenvalue weighted by molar-refractivity contribution is 14.0. The van der Waals surface area contributed by atoms with Gasteiger partial charge in [-0.2, -0.15) is 4.98 Å². The topological polar surface area (TPSA) is 92.9 Å². The maximum Gasteiger partial charge on any atom is 0.308 e. The van der Waals surface area contributed by atoms with Crippen LogP contribution < -0.4 is 5.32 Å². The zero-order chi connectivity index (χ0) is 20.6. The number of guanidine groups is 1. The summed E-state index contributed by atoms with van der Waals surface area (Å²) in [4.78, 5) is 23.0. The van der Waals surface area contributed by atoms with Crippen molar-refractivity contribution >= 4 is 47.5 Å². The maximum atomic E-state index is 11.7. The number of halogens is 2. The molecule has 1 N–H and O–H groups in total. The van der Waals surface area contributed by atoms with E-state index in [4.69, 9.17) is 20.9 Å². The Kier molecular flexibility index (Phi) is 9.83. The molecule has 0 spiro atoms. The van der Waals surface area contributed by atoms with Gasteiger partial charge in [0.05, 0.1) is 19.6 Å². The summed E-state index contributed by atoms with van der Waals surface area (Å²) in [6.07, 6.45) is 2.09. The number of nitrogens with one attached hydrogen (secondary N) is 1. The van der Waals surface area contributed by atoms with E-state index in [-0.39, 0.29) is 35.9 Å². The number of hydrogen-bond donors (Lipinski definition) is 1. The van der Waals surface area contributed by atoms with Crippen LogP contribution in [0.4, 0.5) is 0 Å². The van der Waals surface area contributed by atoms with Crippen molar-refractivity contribution in [2.45, 2.75) is 26.2 Å². The van der Waals surface area contributed by atoms with Crippen molar-refractivity contribution in [1.29, 1.82) is 0 Å². The van der Waals surface area contributed by atoms with Crippen molar-refractivity contribution in [3.63, 3.8) is 0 Å². The molecule has 1 fully saturated rings. The summed E-state index contributed by atoms with van der Waals surface area (Å²) in [6.45, 7) is 4.88. The van der Waals surface area contributed by atoms with Crippen LogP contribution in [0, 0.1) is 5.92 Å². The number of hydrogen-bond acceptors (Lipinski definition) is 6. The van der Waals surface area contributed by atoms with Crippen molar-refractivity contribution in [3.8, 4) is 11.4 Å². The Bertz CT molecular complexity index is 835. The van der Waals surface area contributed by atoms with Crippen LogP contribution in [0.5, 0.6) is 0 Å². The number of likely N-dealkylation sites (tertiary alicyclic amines) is 1. The summed E-state index contributed by atoms with van der Waals surface area (Å²) in [7, 11) is 1.44. The zero-order valence-corrected chi connectivity index (χ0v) is 20.2. The van der Waals surface area contributed by atoms with Gasteiger partial charge in [-0.1, -0.05) is 16.8 Å². The average Bonchev–Trinajstić information content (AvgIpc) is 3.22. The van der Waals surface area contributed by atoms with Crippen LogP contribution in [0.3, 0.4) is 0 Å². The molecular formula is C20H27ClIN5O3. The summed E-state index contributed by atoms with van der Waals surface area (Å²) in [5, 5.41) is 8.00. The minimum absolute atomic E-state index is 0. The standard InChI is InChI=1S/C20H26ClN5O3.HI/c1-3-22-20(26-12-9-15(10-13-26)19(27)28-2)23-11-8-17-24-18(25-29-17)14-4-6-16(21)7-5-14;/h4-7,15H,3,8-13H2,1-2H3,(H,22,23);1H. The number of aromatic nitrogens is 2. The molecule has 0 saturated carbocycles. The molecule has 3 rings (SSSR count). The van der Waals surface area contributed by atoms with E-state index in [1.165, 1.54) is 7.11 Å². The largest absolute Gasteiger partial charge is 0.469 e. The van der Waals surface area contributed by atoms with Crippen molar-refractivity contribution in [2.75, 3.05) is 33.3 Å². The lowest BCUT2D eigenvalue weighted by atomic mass is 9.97. The SMILES string of the molecule is CCNC(=NCCc1nc(-c2ccc(Cl)cc2)no1)N1CCC(C(=O)OC)CC1.I. The molecule has 1 aromatic heterocycles. The fourth-order valence-electron chi connectivity index (χ4n) is 3.25. The first kappa shape index (κ1) is 24.4. The molecule has 164 valence electrons. The number of methoxy groups -OCH3 is 1. The third-order valence-corrected chi connectivity index (χ3v) is 5.07. The molecule has 8 nitrogen and oxygen atoms in total. The van der Waals surface area contributed by atoms with Crippen LogP contribution in [0.2, 0.25) is 5.02 Å². The monoisotopic (exact) mass is 547 g/mol. The minimum Gasteiger partial charge on any atom is -0.469 e. The lowest BCUT2D eigenvalue weighted by Crippen LogP contribution is -2.46. The average molecular weight is 548 g/mol. The summed E-state index contributed by atoms with van der Waals surface area (Å²) in [6, 6.07) is 7.30. The number of nitrogens with zero attached hydrogens (tertiary/aromatic N) is 4. The molecule has 2 aromatic rings. The van der Waals surface area contributed by atoms with Crippen LogP contribution in [0.15, 0.2) is 33.8 Å². The quantitative estimate of drug-likeness (QED) is 0.256. The Hall–Kier alpha value is -1.88. The zero-order valence-electron chi connectivity index (χ0n) is 17.1. The van der Waals surface area contributed by atoms with Gasteiger partial charge in [0.1, 0.15) is 0 Å². The van der Waals surface area contributed by atoms with Gasteiger partial charge in [0, 0.05) is 36.6 Å². The van der Waals surface area contributed by atoms with E-state index in [9.17, 15) is 4.79 Å². The predicted molar refractivity (Wildman–Crippen MR) is 126 cm³/mol. The Morgan fingerprint density at radius 3 is 2.67 bits per heavy atom. The van der Waals surface area contributed by atoms with Gasteiger partial charge in [0.15, 0.2) is 5.96 Å². The number of carbonyl (C=O) groups excluding carboxylic acids is 1. The van der Waals surface area contributed by atoms with Crippen LogP contribution in [0.1, 0.15) is 25.7 Å². The molecule has 1 aliphatic rings. The van der Waals surface area contributed by atoms with Gasteiger partial charge in [-0.05, 0) is 44.0 Å². The van der Waals surface area contributed by atoms with Crippen LogP contribution in [0.25, 0.3) is 11.4 Å². The molecule has 0 aliphatic carbocycles. The number of rotatable bonds is 6. The van der Waals surface area contributed by atoms with Gasteiger partial charge < -0.3 is 19.5 Å². The van der Waals surface area contributed by atoms with Crippen LogP contribution >= 0.6 is 35.6 Å². The number of piperidine rings is 1. The molecule has 0 bridgehead atoms. The van der Waals surface area contributed by atoms with Gasteiger partial charge in [-0.3, -0.25) is 9.79 Å². The van der Waals surface area contributed by atoms with Gasteiger partial charge in [0.25, 0.3) is 0 Å². The molecular weight excluding hydrogens is 521 g/mol. The van der Waals surface area contributed by atoms with Gasteiger partial charge >= 0.3 is 5.97 Å². The first-order valence-corrected chi connectivity index (χ1v) is 10.2. The Balaban J connectivity index is 0.00000320. The van der Waals surface area contributed by atoms with Gasteiger partial charge in [0.2, 0.25) is 11.7 Å². The van der Waals surface area contributed by atoms with Crippen molar-refractivity contribution in [2.24, 2.45) is 10.9 Å². The Morgan fingerprint density at radius 1 is 1.33 bits per heavy atom. The van der Waals surface area contributed by atoms with E-state index in [1.54, 1.807) is 12.1 Å². The molecule has 0 amide bonds. The second kappa shape index (κ2) is 12.1. The second-order valence-corrected chi connectivity index (χ2v) is 7.23. The molecule has 30 heavy (non-hydrogen) atoms. The highest BCUT2D eigenvalue weighted by Crippen LogP contribution is 2.20. The van der Waals surface area contributed by atoms with Gasteiger partial charge in [-0.25, -0.2) is 0 Å². The third kappa shape index (κ3) is 6.56. The Labute approximate surface area is 198 Å². The van der Waals surface area contributed by atoms with E-state index in [2.05, 4.69) is 25.3 Å². The molecule has 1 aromatic carbocycles. The number of benzene rings is 1. The van der Waals surface area contributed by atoms with E-state index in [0.717, 1.165) is 44.0 Å². The first-order chi connectivity index (χ1) is 14.1. The first-order valence-electron chi connectivity index (χ1n) is 9.80. The summed E-state index contributed by atoms with van der Waals surface area (Å²) in [5.41, 5.74) is 0.856. The maximum absolute atomic E-state index is 11.7. The second-order valence-electron chi connectivity index (χ2n) is 6.79. The van der Waals surface area contributed by atoms with Crippen LogP contribution in [-0.4, -0.2) is 60.3 Å². The summed E-state index contributed by atoms with van der Waals surface area (Å²) < 4.78 is 10.2. The van der Waals surface area contributed by atoms with Crippen molar-refractivity contribution in [1.82, 2.24) is 20.4 Å². The highest BCUT2D eigenvalue weighted by Gasteiger charge is 2.26. The van der Waals surface area contributed by atoms with E-state index < -0.39 is 0 Å². The molecule has 2 heterocycles. The molecule has 10 heteroatoms. The van der Waals surface area contributed by atoms with Crippen LogP contribution in [-0.2, 0) is 16.0 Å². The van der Waals surface area contributed by atoms with E-state index in [0.29, 0.717) is 29.7 Å². The number of esters is 1. The Morgan fingerprint density at radius 2 is 2.03 bits per heavy atom. The van der Waals surface area contributed by atoms with Crippen molar-refractivity contribution < 1.29 is 14.1 Å². The third-order valence-electron chi connectivity index (χ3n) is 4.82. The summed E-state index contributed by atoms with van der Waals surface area (Å²) in [5.74, 6) is 1.77. The molecule has 0 radical (unpaired) electrons. The van der Waals surface area contributed by atoms with Gasteiger partial charge in [-0.15, -0.1) is 24.0 Å². The molecule has 0 unspecified atom stereocenters. The number of carbonyl (C=O) groups is 1.